The highest BCUT2D eigenvalue weighted by Crippen LogP contribution is 2.53. The zero-order valence-electron chi connectivity index (χ0n) is 12.4. The van der Waals surface area contributed by atoms with Crippen molar-refractivity contribution in [1.82, 2.24) is 4.90 Å². The molecule has 1 amide bonds. The predicted molar refractivity (Wildman–Crippen MR) is 82.4 cm³/mol. The molecule has 2 aliphatic heterocycles. The number of carbonyl (C=O) groups is 3. The van der Waals surface area contributed by atoms with Gasteiger partial charge in [0.15, 0.2) is 5.78 Å². The van der Waals surface area contributed by atoms with Crippen LogP contribution in [0.5, 0.6) is 0 Å². The van der Waals surface area contributed by atoms with E-state index in [4.69, 9.17) is 0 Å². The van der Waals surface area contributed by atoms with Gasteiger partial charge in [0.1, 0.15) is 12.0 Å². The van der Waals surface area contributed by atoms with E-state index < -0.39 is 22.7 Å². The third-order valence-corrected chi connectivity index (χ3v) is 5.81. The molecule has 0 bridgehead atoms. The number of benzene rings is 1. The summed E-state index contributed by atoms with van der Waals surface area (Å²) in [4.78, 5) is 37.5. The number of hydrogen-bond acceptors (Lipinski definition) is 4. The number of carbonyl (C=O) groups excluding carboxylic acids is 2. The van der Waals surface area contributed by atoms with Crippen LogP contribution in [0.1, 0.15) is 19.4 Å². The van der Waals surface area contributed by atoms with Crippen LogP contribution in [0.4, 0.5) is 0 Å². The fourth-order valence-corrected chi connectivity index (χ4v) is 4.93. The van der Waals surface area contributed by atoms with Gasteiger partial charge in [-0.2, -0.15) is 0 Å². The molecule has 22 heavy (non-hydrogen) atoms. The lowest BCUT2D eigenvalue weighted by Gasteiger charge is -2.42. The minimum absolute atomic E-state index is 0.133. The number of aliphatic carboxylic acids is 1. The quantitative estimate of drug-likeness (QED) is 0.673. The van der Waals surface area contributed by atoms with Crippen molar-refractivity contribution in [3.63, 3.8) is 0 Å². The van der Waals surface area contributed by atoms with Gasteiger partial charge in [-0.25, -0.2) is 4.79 Å². The van der Waals surface area contributed by atoms with E-state index in [1.54, 1.807) is 13.8 Å². The van der Waals surface area contributed by atoms with Crippen LogP contribution in [-0.4, -0.2) is 43.8 Å². The topological polar surface area (TPSA) is 74.7 Å². The highest BCUT2D eigenvalue weighted by Gasteiger charge is 2.65. The van der Waals surface area contributed by atoms with Crippen LogP contribution in [0.25, 0.3) is 0 Å². The zero-order chi connectivity index (χ0) is 16.1. The molecule has 1 aromatic carbocycles. The number of fused-ring (bicyclic) bond motifs is 1. The van der Waals surface area contributed by atoms with Crippen LogP contribution in [0.2, 0.25) is 0 Å². The van der Waals surface area contributed by atoms with E-state index in [2.05, 4.69) is 0 Å². The van der Waals surface area contributed by atoms with Crippen LogP contribution in [-0.2, 0) is 20.8 Å². The molecule has 6 heteroatoms. The van der Waals surface area contributed by atoms with E-state index in [9.17, 15) is 19.5 Å². The molecule has 5 nitrogen and oxygen atoms in total. The van der Waals surface area contributed by atoms with Gasteiger partial charge in [0.2, 0.25) is 5.91 Å². The van der Waals surface area contributed by atoms with Crippen LogP contribution >= 0.6 is 11.8 Å². The monoisotopic (exact) mass is 319 g/mol. The molecule has 116 valence electrons. The summed E-state index contributed by atoms with van der Waals surface area (Å²) in [6.45, 7) is 3.61. The lowest BCUT2D eigenvalue weighted by Crippen LogP contribution is -2.64. The highest BCUT2D eigenvalue weighted by molar-refractivity contribution is 8.01. The van der Waals surface area contributed by atoms with Gasteiger partial charge in [0.05, 0.1) is 5.37 Å². The Hall–Kier alpha value is -1.82. The normalized spacial score (nSPS) is 28.9. The van der Waals surface area contributed by atoms with Crippen molar-refractivity contribution in [3.05, 3.63) is 35.9 Å². The number of Topliss-reactive ketones (excluding diaryl/α,β-unsaturated/α-hetero) is 1. The molecule has 0 aliphatic carbocycles. The summed E-state index contributed by atoms with van der Waals surface area (Å²) in [6, 6.07) is 8.42. The van der Waals surface area contributed by atoms with Gasteiger partial charge < -0.3 is 10.0 Å². The Labute approximate surface area is 132 Å². The molecule has 3 rings (SSSR count). The molecule has 2 heterocycles. The average Bonchev–Trinajstić information content (AvgIpc) is 2.68. The number of ketones is 1. The van der Waals surface area contributed by atoms with Crippen LogP contribution in [0.15, 0.2) is 30.3 Å². The number of β-lactam (4-membered cyclic amide) rings is 1. The molecule has 2 saturated heterocycles. The summed E-state index contributed by atoms with van der Waals surface area (Å²) in [6.07, 6.45) is 0.209. The van der Waals surface area contributed by atoms with Crippen LogP contribution < -0.4 is 0 Å². The molecular weight excluding hydrogens is 302 g/mol. The minimum atomic E-state index is -1.01. The number of carboxylic acid groups (broad SMARTS) is 1. The first-order valence-electron chi connectivity index (χ1n) is 7.12. The molecule has 1 N–H and O–H groups in total. The Bertz CT molecular complexity index is 643. The highest BCUT2D eigenvalue weighted by atomic mass is 32.2. The Balaban J connectivity index is 1.77. The van der Waals surface area contributed by atoms with Crippen molar-refractivity contribution in [2.24, 2.45) is 5.92 Å². The summed E-state index contributed by atoms with van der Waals surface area (Å²) in [5, 5.41) is 9.01. The van der Waals surface area contributed by atoms with E-state index >= 15 is 0 Å². The fourth-order valence-electron chi connectivity index (χ4n) is 3.22. The van der Waals surface area contributed by atoms with Gasteiger partial charge >= 0.3 is 5.97 Å². The first-order valence-corrected chi connectivity index (χ1v) is 8.00. The van der Waals surface area contributed by atoms with E-state index in [1.807, 2.05) is 30.3 Å². The summed E-state index contributed by atoms with van der Waals surface area (Å²) in [5.41, 5.74) is 0.871. The van der Waals surface area contributed by atoms with E-state index in [-0.39, 0.29) is 23.5 Å². The Kier molecular flexibility index (Phi) is 3.51. The van der Waals surface area contributed by atoms with Crippen molar-refractivity contribution in [2.45, 2.75) is 36.4 Å². The molecule has 0 radical (unpaired) electrons. The Morgan fingerprint density at radius 3 is 2.50 bits per heavy atom. The third-order valence-electron chi connectivity index (χ3n) is 4.24. The predicted octanol–water partition coefficient (Wildman–Crippen LogP) is 1.56. The van der Waals surface area contributed by atoms with E-state index in [0.29, 0.717) is 0 Å². The first-order chi connectivity index (χ1) is 10.3. The lowest BCUT2D eigenvalue weighted by molar-refractivity contribution is -0.166. The van der Waals surface area contributed by atoms with Crippen molar-refractivity contribution in [3.8, 4) is 0 Å². The molecule has 2 aliphatic rings. The van der Waals surface area contributed by atoms with Gasteiger partial charge in [-0.3, -0.25) is 9.59 Å². The third kappa shape index (κ3) is 2.22. The second-order valence-corrected chi connectivity index (χ2v) is 7.98. The molecule has 0 aromatic heterocycles. The first kappa shape index (κ1) is 15.1. The maximum absolute atomic E-state index is 12.4. The molecule has 1 aromatic rings. The number of amides is 1. The van der Waals surface area contributed by atoms with Gasteiger partial charge in [-0.15, -0.1) is 11.8 Å². The molecule has 0 saturated carbocycles. The van der Waals surface area contributed by atoms with Crippen molar-refractivity contribution in [1.29, 1.82) is 0 Å². The average molecular weight is 319 g/mol. The standard InChI is InChI=1S/C16H17NO4S/c1-16(2)12(15(20)21)17-13(19)11(14(17)22-16)10(18)8-9-6-4-3-5-7-9/h3-7,11-12,14H,8H2,1-2H3,(H,20,21)/t11-,12+,14-/m1/s1. The van der Waals surface area contributed by atoms with Crippen molar-refractivity contribution >= 4 is 29.4 Å². The summed E-state index contributed by atoms with van der Waals surface area (Å²) < 4.78 is -0.589. The molecule has 3 atom stereocenters. The van der Waals surface area contributed by atoms with Crippen LogP contribution in [0.3, 0.4) is 0 Å². The minimum Gasteiger partial charge on any atom is -0.480 e. The largest absolute Gasteiger partial charge is 0.480 e. The summed E-state index contributed by atoms with van der Waals surface area (Å²) >= 11 is 1.41. The van der Waals surface area contributed by atoms with Gasteiger partial charge in [0, 0.05) is 11.2 Å². The number of rotatable bonds is 4. The van der Waals surface area contributed by atoms with E-state index in [1.165, 1.54) is 16.7 Å². The number of hydrogen-bond donors (Lipinski definition) is 1. The number of thioether (sulfide) groups is 1. The zero-order valence-corrected chi connectivity index (χ0v) is 13.2. The summed E-state index contributed by atoms with van der Waals surface area (Å²) in [5.74, 6) is -2.21. The maximum Gasteiger partial charge on any atom is 0.327 e. The number of carboxylic acids is 1. The molecular formula is C16H17NO4S. The molecule has 2 fully saturated rings. The fraction of sp³-hybridized carbons (Fsp3) is 0.438. The van der Waals surface area contributed by atoms with Crippen molar-refractivity contribution < 1.29 is 19.5 Å². The summed E-state index contributed by atoms with van der Waals surface area (Å²) in [7, 11) is 0. The number of nitrogens with zero attached hydrogens (tertiary/aromatic N) is 1. The van der Waals surface area contributed by atoms with Gasteiger partial charge in [-0.1, -0.05) is 30.3 Å². The Morgan fingerprint density at radius 2 is 1.91 bits per heavy atom. The van der Waals surface area contributed by atoms with Crippen LogP contribution in [0, 0.1) is 5.92 Å². The van der Waals surface area contributed by atoms with Gasteiger partial charge in [-0.05, 0) is 19.4 Å². The lowest BCUT2D eigenvalue weighted by atomic mass is 9.86. The molecule has 0 spiro atoms. The second-order valence-electron chi connectivity index (χ2n) is 6.20. The second kappa shape index (κ2) is 5.12. The van der Waals surface area contributed by atoms with Gasteiger partial charge in [0.25, 0.3) is 0 Å². The van der Waals surface area contributed by atoms with E-state index in [0.717, 1.165) is 5.56 Å². The Morgan fingerprint density at radius 1 is 1.27 bits per heavy atom. The maximum atomic E-state index is 12.4. The van der Waals surface area contributed by atoms with Crippen molar-refractivity contribution in [2.75, 3.05) is 0 Å². The molecule has 0 unspecified atom stereocenters. The smallest absolute Gasteiger partial charge is 0.327 e. The SMILES string of the molecule is CC1(C)S[C@@H]2[C@H](C(=O)Cc3ccccc3)C(=O)N2[C@H]1C(=O)O.